The third kappa shape index (κ3) is 6.89. The predicted molar refractivity (Wildman–Crippen MR) is 79.1 cm³/mol. The Bertz CT molecular complexity index is 259. The van der Waals surface area contributed by atoms with Crippen molar-refractivity contribution in [3.05, 3.63) is 0 Å². The van der Waals surface area contributed by atoms with Crippen molar-refractivity contribution in [1.29, 1.82) is 0 Å². The fourth-order valence-corrected chi connectivity index (χ4v) is 1.90. The van der Waals surface area contributed by atoms with Crippen molar-refractivity contribution in [2.24, 2.45) is 5.73 Å². The van der Waals surface area contributed by atoms with Crippen molar-refractivity contribution in [2.75, 3.05) is 33.4 Å². The van der Waals surface area contributed by atoms with Crippen molar-refractivity contribution in [1.82, 2.24) is 10.2 Å². The van der Waals surface area contributed by atoms with E-state index >= 15 is 0 Å². The van der Waals surface area contributed by atoms with Crippen molar-refractivity contribution in [2.45, 2.75) is 52.1 Å². The number of carbonyl (C=O) groups is 1. The molecule has 0 aliphatic heterocycles. The van der Waals surface area contributed by atoms with Crippen LogP contribution in [0.5, 0.6) is 0 Å². The second kappa shape index (κ2) is 9.28. The Kier molecular flexibility index (Phi) is 8.97. The third-order valence-corrected chi connectivity index (χ3v) is 3.52. The monoisotopic (exact) mass is 273 g/mol. The van der Waals surface area contributed by atoms with E-state index in [4.69, 9.17) is 10.5 Å². The van der Waals surface area contributed by atoms with Crippen molar-refractivity contribution >= 4 is 5.91 Å². The Morgan fingerprint density at radius 1 is 1.42 bits per heavy atom. The molecule has 0 heterocycles. The zero-order valence-corrected chi connectivity index (χ0v) is 13.2. The molecule has 0 aromatic rings. The van der Waals surface area contributed by atoms with Gasteiger partial charge in [-0.05, 0) is 40.2 Å². The van der Waals surface area contributed by atoms with Crippen LogP contribution in [0.2, 0.25) is 0 Å². The molecule has 3 N–H and O–H groups in total. The minimum absolute atomic E-state index is 0.281. The Morgan fingerprint density at radius 2 is 2.05 bits per heavy atom. The maximum absolute atomic E-state index is 11.6. The van der Waals surface area contributed by atoms with Gasteiger partial charge in [0.1, 0.15) is 0 Å². The standard InChI is InChI=1S/C14H31N3O2/c1-6-8-16-14(4,13(15)18)7-9-17(12(2)3)10-11-19-5/h12,16H,6-11H2,1-5H3,(H2,15,18). The summed E-state index contributed by atoms with van der Waals surface area (Å²) in [5.41, 5.74) is 4.90. The van der Waals surface area contributed by atoms with E-state index in [1.807, 2.05) is 6.92 Å². The molecule has 0 spiro atoms. The molecule has 0 aliphatic carbocycles. The summed E-state index contributed by atoms with van der Waals surface area (Å²) >= 11 is 0. The molecule has 1 amide bonds. The van der Waals surface area contributed by atoms with Crippen LogP contribution in [-0.4, -0.2) is 55.7 Å². The van der Waals surface area contributed by atoms with Gasteiger partial charge in [0.15, 0.2) is 0 Å². The topological polar surface area (TPSA) is 67.6 Å². The van der Waals surface area contributed by atoms with Gasteiger partial charge in [-0.2, -0.15) is 0 Å². The second-order valence-electron chi connectivity index (χ2n) is 5.50. The van der Waals surface area contributed by atoms with E-state index in [9.17, 15) is 4.79 Å². The average Bonchev–Trinajstić information content (AvgIpc) is 2.35. The lowest BCUT2D eigenvalue weighted by molar-refractivity contribution is -0.124. The van der Waals surface area contributed by atoms with E-state index in [1.165, 1.54) is 0 Å². The minimum Gasteiger partial charge on any atom is -0.383 e. The number of carbonyl (C=O) groups excluding carboxylic acids is 1. The highest BCUT2D eigenvalue weighted by Crippen LogP contribution is 2.12. The van der Waals surface area contributed by atoms with E-state index in [0.29, 0.717) is 19.1 Å². The molecule has 1 unspecified atom stereocenters. The number of primary amides is 1. The van der Waals surface area contributed by atoms with E-state index < -0.39 is 5.54 Å². The van der Waals surface area contributed by atoms with Crippen LogP contribution >= 0.6 is 0 Å². The van der Waals surface area contributed by atoms with Crippen LogP contribution in [0.3, 0.4) is 0 Å². The Balaban J connectivity index is 4.45. The van der Waals surface area contributed by atoms with Gasteiger partial charge in [-0.25, -0.2) is 0 Å². The van der Waals surface area contributed by atoms with Crippen molar-refractivity contribution in [3.8, 4) is 0 Å². The van der Waals surface area contributed by atoms with Gasteiger partial charge >= 0.3 is 0 Å². The van der Waals surface area contributed by atoms with E-state index in [-0.39, 0.29) is 5.91 Å². The molecule has 0 bridgehead atoms. The second-order valence-corrected chi connectivity index (χ2v) is 5.50. The first kappa shape index (κ1) is 18.4. The maximum Gasteiger partial charge on any atom is 0.237 e. The quantitative estimate of drug-likeness (QED) is 0.589. The largest absolute Gasteiger partial charge is 0.383 e. The average molecular weight is 273 g/mol. The molecule has 1 atom stereocenters. The highest BCUT2D eigenvalue weighted by molar-refractivity contribution is 5.84. The zero-order valence-electron chi connectivity index (χ0n) is 13.2. The highest BCUT2D eigenvalue weighted by Gasteiger charge is 2.30. The summed E-state index contributed by atoms with van der Waals surface area (Å²) in [6.07, 6.45) is 1.70. The molecule has 0 aromatic carbocycles. The molecule has 0 radical (unpaired) electrons. The van der Waals surface area contributed by atoms with Gasteiger partial charge in [0.25, 0.3) is 0 Å². The smallest absolute Gasteiger partial charge is 0.237 e. The molecular weight excluding hydrogens is 242 g/mol. The van der Waals surface area contributed by atoms with Crippen LogP contribution in [0.1, 0.15) is 40.5 Å². The summed E-state index contributed by atoms with van der Waals surface area (Å²) in [6, 6.07) is 0.429. The number of nitrogens with zero attached hydrogens (tertiary/aromatic N) is 1. The van der Waals surface area contributed by atoms with Crippen LogP contribution in [0.25, 0.3) is 0 Å². The lowest BCUT2D eigenvalue weighted by Crippen LogP contribution is -2.55. The van der Waals surface area contributed by atoms with Gasteiger partial charge in [-0.15, -0.1) is 0 Å². The Labute approximate surface area is 117 Å². The lowest BCUT2D eigenvalue weighted by atomic mass is 9.96. The number of nitrogens with two attached hydrogens (primary N) is 1. The zero-order chi connectivity index (χ0) is 14.9. The maximum atomic E-state index is 11.6. The van der Waals surface area contributed by atoms with Gasteiger partial charge in [0.05, 0.1) is 12.1 Å². The SMILES string of the molecule is CCCNC(C)(CCN(CCOC)C(C)C)C(N)=O. The molecule has 19 heavy (non-hydrogen) atoms. The molecule has 0 aromatic heterocycles. The fraction of sp³-hybridized carbons (Fsp3) is 0.929. The van der Waals surface area contributed by atoms with Gasteiger partial charge < -0.3 is 15.8 Å². The number of methoxy groups -OCH3 is 1. The summed E-state index contributed by atoms with van der Waals surface area (Å²) in [7, 11) is 1.70. The van der Waals surface area contributed by atoms with E-state index in [1.54, 1.807) is 7.11 Å². The van der Waals surface area contributed by atoms with Crippen LogP contribution in [-0.2, 0) is 9.53 Å². The molecule has 0 saturated heterocycles. The first-order chi connectivity index (χ1) is 8.87. The molecule has 5 heteroatoms. The van der Waals surface area contributed by atoms with Crippen molar-refractivity contribution in [3.63, 3.8) is 0 Å². The number of ether oxygens (including phenoxy) is 1. The van der Waals surface area contributed by atoms with Crippen LogP contribution in [0.15, 0.2) is 0 Å². The summed E-state index contributed by atoms with van der Waals surface area (Å²) in [6.45, 7) is 11.5. The fourth-order valence-electron chi connectivity index (χ4n) is 1.90. The van der Waals surface area contributed by atoms with Gasteiger partial charge in [-0.3, -0.25) is 9.69 Å². The minimum atomic E-state index is -0.629. The number of nitrogens with one attached hydrogen (secondary N) is 1. The van der Waals surface area contributed by atoms with Gasteiger partial charge in [0.2, 0.25) is 5.91 Å². The van der Waals surface area contributed by atoms with Gasteiger partial charge in [-0.1, -0.05) is 6.92 Å². The van der Waals surface area contributed by atoms with E-state index in [0.717, 1.165) is 26.1 Å². The molecule has 0 fully saturated rings. The van der Waals surface area contributed by atoms with Gasteiger partial charge in [0, 0.05) is 26.2 Å². The summed E-state index contributed by atoms with van der Waals surface area (Å²) < 4.78 is 5.12. The first-order valence-corrected chi connectivity index (χ1v) is 7.15. The summed E-state index contributed by atoms with van der Waals surface area (Å²) in [4.78, 5) is 13.9. The van der Waals surface area contributed by atoms with Crippen LogP contribution < -0.4 is 11.1 Å². The number of hydrogen-bond acceptors (Lipinski definition) is 4. The number of rotatable bonds is 11. The third-order valence-electron chi connectivity index (χ3n) is 3.52. The highest BCUT2D eigenvalue weighted by atomic mass is 16.5. The molecule has 5 nitrogen and oxygen atoms in total. The summed E-state index contributed by atoms with van der Waals surface area (Å²) in [5, 5.41) is 3.26. The molecular formula is C14H31N3O2. The molecule has 0 saturated carbocycles. The normalized spacial score (nSPS) is 14.9. The molecule has 0 rings (SSSR count). The Morgan fingerprint density at radius 3 is 2.47 bits per heavy atom. The Hall–Kier alpha value is -0.650. The first-order valence-electron chi connectivity index (χ1n) is 7.15. The number of hydrogen-bond donors (Lipinski definition) is 2. The predicted octanol–water partition coefficient (Wildman–Crippen LogP) is 0.977. The summed E-state index contributed by atoms with van der Waals surface area (Å²) in [5.74, 6) is -0.281. The number of amides is 1. The molecule has 114 valence electrons. The molecule has 0 aliphatic rings. The van der Waals surface area contributed by atoms with E-state index in [2.05, 4.69) is 31.0 Å². The van der Waals surface area contributed by atoms with Crippen LogP contribution in [0.4, 0.5) is 0 Å². The van der Waals surface area contributed by atoms with Crippen molar-refractivity contribution < 1.29 is 9.53 Å². The lowest BCUT2D eigenvalue weighted by Gasteiger charge is -2.32. The van der Waals surface area contributed by atoms with Crippen LogP contribution in [0, 0.1) is 0 Å².